The average Bonchev–Trinajstić information content (AvgIpc) is 2.93. The van der Waals surface area contributed by atoms with Crippen molar-refractivity contribution < 1.29 is 9.52 Å². The molecule has 2 aromatic carbocycles. The fourth-order valence-electron chi connectivity index (χ4n) is 2.26. The fraction of sp³-hybridized carbons (Fsp3) is 0.0556. The molecule has 0 bridgehead atoms. The highest BCUT2D eigenvalue weighted by molar-refractivity contribution is 5.97. The number of hydrogen-bond donors (Lipinski definition) is 3. The molecule has 0 spiro atoms. The molecular weight excluding hydrogens is 318 g/mol. The topological polar surface area (TPSA) is 95.0 Å². The second-order valence-corrected chi connectivity index (χ2v) is 5.26. The third-order valence-electron chi connectivity index (χ3n) is 3.28. The van der Waals surface area contributed by atoms with Crippen molar-refractivity contribution in [3.05, 3.63) is 60.8 Å². The van der Waals surface area contributed by atoms with Crippen molar-refractivity contribution in [2.45, 2.75) is 6.92 Å². The van der Waals surface area contributed by atoms with E-state index in [9.17, 15) is 5.11 Å². The van der Waals surface area contributed by atoms with E-state index in [1.54, 1.807) is 31.2 Å². The summed E-state index contributed by atoms with van der Waals surface area (Å²) in [6.07, 6.45) is 0. The SMILES string of the molecule is C=N/C(=N\C(=C)Nc1ccc2nc(C)oc2c1)Nc1cccc(O)c1. The van der Waals surface area contributed by atoms with Gasteiger partial charge in [-0.05, 0) is 31.0 Å². The van der Waals surface area contributed by atoms with Gasteiger partial charge in [0.15, 0.2) is 11.5 Å². The van der Waals surface area contributed by atoms with Crippen molar-refractivity contribution >= 4 is 35.2 Å². The van der Waals surface area contributed by atoms with E-state index in [0.717, 1.165) is 11.2 Å². The van der Waals surface area contributed by atoms with Gasteiger partial charge in [-0.2, -0.15) is 4.99 Å². The molecule has 1 heterocycles. The molecule has 1 aromatic heterocycles. The van der Waals surface area contributed by atoms with Crippen molar-refractivity contribution in [2.24, 2.45) is 9.98 Å². The molecule has 7 heteroatoms. The Balaban J connectivity index is 1.73. The molecule has 0 saturated carbocycles. The van der Waals surface area contributed by atoms with Gasteiger partial charge >= 0.3 is 0 Å². The number of nitrogens with zero attached hydrogens (tertiary/aromatic N) is 3. The average molecular weight is 335 g/mol. The van der Waals surface area contributed by atoms with E-state index in [2.05, 4.69) is 38.9 Å². The van der Waals surface area contributed by atoms with E-state index in [1.165, 1.54) is 0 Å². The third-order valence-corrected chi connectivity index (χ3v) is 3.28. The van der Waals surface area contributed by atoms with Crippen LogP contribution in [-0.4, -0.2) is 22.8 Å². The number of oxazole rings is 1. The van der Waals surface area contributed by atoms with Crippen LogP contribution in [0.2, 0.25) is 0 Å². The number of guanidine groups is 1. The van der Waals surface area contributed by atoms with Crippen molar-refractivity contribution in [3.63, 3.8) is 0 Å². The first-order chi connectivity index (χ1) is 12.0. The van der Waals surface area contributed by atoms with E-state index in [4.69, 9.17) is 4.42 Å². The zero-order valence-electron chi connectivity index (χ0n) is 13.7. The van der Waals surface area contributed by atoms with Crippen LogP contribution >= 0.6 is 0 Å². The summed E-state index contributed by atoms with van der Waals surface area (Å²) in [6.45, 7) is 9.14. The molecular formula is C18H17N5O2. The first-order valence-corrected chi connectivity index (χ1v) is 7.48. The molecule has 0 aliphatic heterocycles. The second kappa shape index (κ2) is 6.88. The molecule has 0 radical (unpaired) electrons. The van der Waals surface area contributed by atoms with Gasteiger partial charge in [0, 0.05) is 30.4 Å². The largest absolute Gasteiger partial charge is 0.508 e. The number of nitrogens with one attached hydrogen (secondary N) is 2. The summed E-state index contributed by atoms with van der Waals surface area (Å²) in [6, 6.07) is 12.1. The lowest BCUT2D eigenvalue weighted by Gasteiger charge is -2.08. The first kappa shape index (κ1) is 16.3. The van der Waals surface area contributed by atoms with Gasteiger partial charge in [0.1, 0.15) is 17.1 Å². The molecule has 0 atom stereocenters. The predicted octanol–water partition coefficient (Wildman–Crippen LogP) is 3.89. The number of aromatic hydroxyl groups is 1. The molecule has 0 aliphatic carbocycles. The summed E-state index contributed by atoms with van der Waals surface area (Å²) >= 11 is 0. The van der Waals surface area contributed by atoms with Gasteiger partial charge < -0.3 is 20.2 Å². The van der Waals surface area contributed by atoms with Crippen LogP contribution in [0.15, 0.2) is 69.3 Å². The molecule has 0 unspecified atom stereocenters. The Labute approximate surface area is 144 Å². The highest BCUT2D eigenvalue weighted by Gasteiger charge is 2.05. The van der Waals surface area contributed by atoms with E-state index < -0.39 is 0 Å². The molecule has 7 nitrogen and oxygen atoms in total. The Hall–Kier alpha value is -3.61. The number of aryl methyl sites for hydroxylation is 1. The minimum Gasteiger partial charge on any atom is -0.508 e. The summed E-state index contributed by atoms with van der Waals surface area (Å²) in [7, 11) is 0. The quantitative estimate of drug-likeness (QED) is 0.496. The lowest BCUT2D eigenvalue weighted by Crippen LogP contribution is -2.10. The molecule has 0 fully saturated rings. The minimum absolute atomic E-state index is 0.140. The number of rotatable bonds is 4. The normalized spacial score (nSPS) is 11.3. The number of anilines is 2. The molecule has 3 N–H and O–H groups in total. The molecule has 0 amide bonds. The van der Waals surface area contributed by atoms with Crippen LogP contribution in [0.4, 0.5) is 11.4 Å². The standard InChI is InChI=1S/C18H17N5O2/c1-11(20-14-7-8-16-17(10-14)25-12(2)22-16)21-18(19-3)23-13-5-4-6-15(24)9-13/h4-10,20,24H,1,3H2,2H3,(H,21,23). The number of benzene rings is 2. The molecule has 3 aromatic rings. The van der Waals surface area contributed by atoms with Crippen molar-refractivity contribution in [1.82, 2.24) is 4.98 Å². The minimum atomic E-state index is 0.140. The zero-order valence-corrected chi connectivity index (χ0v) is 13.7. The number of aliphatic imine (C=N–C) groups is 2. The third kappa shape index (κ3) is 4.03. The number of phenolic OH excluding ortho intramolecular Hbond substituents is 1. The Bertz CT molecular complexity index is 975. The van der Waals surface area contributed by atoms with Gasteiger partial charge in [-0.25, -0.2) is 9.98 Å². The van der Waals surface area contributed by atoms with Gasteiger partial charge in [0.2, 0.25) is 5.96 Å². The van der Waals surface area contributed by atoms with E-state index in [1.807, 2.05) is 18.2 Å². The monoisotopic (exact) mass is 335 g/mol. The molecule has 0 saturated heterocycles. The fourth-order valence-corrected chi connectivity index (χ4v) is 2.26. The van der Waals surface area contributed by atoms with Gasteiger partial charge in [0.05, 0.1) is 0 Å². The number of fused-ring (bicyclic) bond motifs is 1. The van der Waals surface area contributed by atoms with Crippen molar-refractivity contribution in [1.29, 1.82) is 0 Å². The van der Waals surface area contributed by atoms with Crippen LogP contribution in [0.1, 0.15) is 5.89 Å². The maximum Gasteiger partial charge on any atom is 0.228 e. The Morgan fingerprint density at radius 1 is 1.16 bits per heavy atom. The summed E-state index contributed by atoms with van der Waals surface area (Å²) in [5.74, 6) is 1.36. The van der Waals surface area contributed by atoms with Gasteiger partial charge in [-0.15, -0.1) is 0 Å². The van der Waals surface area contributed by atoms with Crippen LogP contribution in [-0.2, 0) is 0 Å². The molecule has 3 rings (SSSR count). The highest BCUT2D eigenvalue weighted by Crippen LogP contribution is 2.21. The maximum atomic E-state index is 9.49. The second-order valence-electron chi connectivity index (χ2n) is 5.26. The lowest BCUT2D eigenvalue weighted by atomic mass is 10.3. The van der Waals surface area contributed by atoms with Crippen LogP contribution < -0.4 is 10.6 Å². The number of aromatic nitrogens is 1. The predicted molar refractivity (Wildman–Crippen MR) is 100 cm³/mol. The Kier molecular flexibility index (Phi) is 4.47. The first-order valence-electron chi connectivity index (χ1n) is 7.48. The summed E-state index contributed by atoms with van der Waals surface area (Å²) in [5, 5.41) is 15.5. The van der Waals surface area contributed by atoms with Crippen LogP contribution in [0.25, 0.3) is 11.1 Å². The highest BCUT2D eigenvalue weighted by atomic mass is 16.3. The zero-order chi connectivity index (χ0) is 17.8. The number of phenols is 1. The van der Waals surface area contributed by atoms with Crippen LogP contribution in [0.3, 0.4) is 0 Å². The lowest BCUT2D eigenvalue weighted by molar-refractivity contribution is 0.475. The number of hydrogen-bond acceptors (Lipinski definition) is 5. The van der Waals surface area contributed by atoms with Gasteiger partial charge in [0.25, 0.3) is 0 Å². The van der Waals surface area contributed by atoms with E-state index in [0.29, 0.717) is 23.0 Å². The molecule has 126 valence electrons. The Morgan fingerprint density at radius 3 is 2.72 bits per heavy atom. The maximum absolute atomic E-state index is 9.49. The molecule has 25 heavy (non-hydrogen) atoms. The van der Waals surface area contributed by atoms with Crippen LogP contribution in [0.5, 0.6) is 5.75 Å². The van der Waals surface area contributed by atoms with Crippen molar-refractivity contribution in [2.75, 3.05) is 10.6 Å². The smallest absolute Gasteiger partial charge is 0.228 e. The van der Waals surface area contributed by atoms with E-state index >= 15 is 0 Å². The summed E-state index contributed by atoms with van der Waals surface area (Å²) in [4.78, 5) is 12.3. The van der Waals surface area contributed by atoms with Crippen molar-refractivity contribution in [3.8, 4) is 5.75 Å². The summed E-state index contributed by atoms with van der Waals surface area (Å²) < 4.78 is 5.50. The van der Waals surface area contributed by atoms with E-state index in [-0.39, 0.29) is 11.7 Å². The van der Waals surface area contributed by atoms with Gasteiger partial charge in [-0.3, -0.25) is 0 Å². The van der Waals surface area contributed by atoms with Crippen LogP contribution in [0, 0.1) is 6.92 Å². The Morgan fingerprint density at radius 2 is 1.96 bits per heavy atom. The summed E-state index contributed by atoms with van der Waals surface area (Å²) in [5.41, 5.74) is 2.87. The van der Waals surface area contributed by atoms with Gasteiger partial charge in [-0.1, -0.05) is 12.6 Å². The molecule has 0 aliphatic rings.